The van der Waals surface area contributed by atoms with E-state index in [0.29, 0.717) is 50.0 Å². The highest BCUT2D eigenvalue weighted by Gasteiger charge is 2.36. The van der Waals surface area contributed by atoms with Crippen molar-refractivity contribution in [1.82, 2.24) is 19.8 Å². The Morgan fingerprint density at radius 3 is 2.61 bits per heavy atom. The zero-order chi connectivity index (χ0) is 19.5. The molecule has 0 bridgehead atoms. The van der Waals surface area contributed by atoms with Crippen molar-refractivity contribution < 1.29 is 14.3 Å². The Labute approximate surface area is 166 Å². The van der Waals surface area contributed by atoms with Gasteiger partial charge in [0.25, 0.3) is 5.91 Å². The summed E-state index contributed by atoms with van der Waals surface area (Å²) in [7, 11) is 0. The van der Waals surface area contributed by atoms with Crippen molar-refractivity contribution in [2.75, 3.05) is 32.8 Å². The highest BCUT2D eigenvalue weighted by molar-refractivity contribution is 5.95. The average Bonchev–Trinajstić information content (AvgIpc) is 3.40. The fraction of sp³-hybridized carbons (Fsp3) is 0.714. The molecule has 0 spiro atoms. The van der Waals surface area contributed by atoms with Crippen LogP contribution in [0.25, 0.3) is 0 Å². The molecule has 2 aliphatic heterocycles. The summed E-state index contributed by atoms with van der Waals surface area (Å²) in [4.78, 5) is 38.9. The first-order chi connectivity index (χ1) is 13.6. The Balaban J connectivity index is 1.57. The molecule has 2 amide bonds. The minimum atomic E-state index is -0.115. The molecule has 0 N–H and O–H groups in total. The van der Waals surface area contributed by atoms with Gasteiger partial charge in [-0.15, -0.1) is 0 Å². The maximum atomic E-state index is 13.1. The van der Waals surface area contributed by atoms with Gasteiger partial charge in [0.2, 0.25) is 5.91 Å². The van der Waals surface area contributed by atoms with Crippen molar-refractivity contribution in [2.24, 2.45) is 5.92 Å². The molecule has 0 radical (unpaired) electrons. The van der Waals surface area contributed by atoms with Gasteiger partial charge in [0.1, 0.15) is 5.82 Å². The molecule has 2 saturated heterocycles. The molecular weight excluding hydrogens is 356 g/mol. The molecule has 3 fully saturated rings. The highest BCUT2D eigenvalue weighted by Crippen LogP contribution is 2.36. The van der Waals surface area contributed by atoms with Crippen LogP contribution in [0, 0.1) is 12.8 Å². The van der Waals surface area contributed by atoms with Crippen LogP contribution in [0.15, 0.2) is 6.20 Å². The second-order valence-electron chi connectivity index (χ2n) is 8.22. The molecule has 7 nitrogen and oxygen atoms in total. The van der Waals surface area contributed by atoms with E-state index in [2.05, 4.69) is 9.97 Å². The monoisotopic (exact) mass is 386 g/mol. The number of likely N-dealkylation sites (tertiary alicyclic amines) is 1. The summed E-state index contributed by atoms with van der Waals surface area (Å²) in [5.74, 6) is 1.34. The minimum absolute atomic E-state index is 0.0478. The van der Waals surface area contributed by atoms with Crippen LogP contribution < -0.4 is 0 Å². The normalized spacial score (nSPS) is 23.4. The van der Waals surface area contributed by atoms with E-state index in [1.54, 1.807) is 11.1 Å². The van der Waals surface area contributed by atoms with Crippen molar-refractivity contribution in [3.05, 3.63) is 23.3 Å². The summed E-state index contributed by atoms with van der Waals surface area (Å²) in [5.41, 5.74) is 1.26. The summed E-state index contributed by atoms with van der Waals surface area (Å²) in [6.45, 7) is 4.88. The quantitative estimate of drug-likeness (QED) is 0.795. The molecule has 1 atom stereocenters. The van der Waals surface area contributed by atoms with Gasteiger partial charge in [-0.2, -0.15) is 0 Å². The van der Waals surface area contributed by atoms with Gasteiger partial charge in [-0.25, -0.2) is 9.97 Å². The first-order valence-electron chi connectivity index (χ1n) is 10.6. The number of nitrogens with zero attached hydrogens (tertiary/aromatic N) is 4. The minimum Gasteiger partial charge on any atom is -0.378 e. The second-order valence-corrected chi connectivity index (χ2v) is 8.22. The van der Waals surface area contributed by atoms with Crippen molar-refractivity contribution in [3.63, 3.8) is 0 Å². The number of ether oxygens (including phenoxy) is 1. The van der Waals surface area contributed by atoms with E-state index in [1.807, 2.05) is 11.8 Å². The third kappa shape index (κ3) is 4.04. The smallest absolute Gasteiger partial charge is 0.257 e. The lowest BCUT2D eigenvalue weighted by molar-refractivity contribution is -0.133. The fourth-order valence-corrected chi connectivity index (χ4v) is 4.77. The topological polar surface area (TPSA) is 75.6 Å². The maximum absolute atomic E-state index is 13.1. The van der Waals surface area contributed by atoms with E-state index in [4.69, 9.17) is 4.74 Å². The third-order valence-electron chi connectivity index (χ3n) is 6.29. The first kappa shape index (κ1) is 19.3. The molecule has 3 heterocycles. The predicted octanol–water partition coefficient (Wildman–Crippen LogP) is 2.50. The lowest BCUT2D eigenvalue weighted by Gasteiger charge is -2.30. The van der Waals surface area contributed by atoms with Crippen molar-refractivity contribution in [1.29, 1.82) is 0 Å². The molecule has 1 aromatic heterocycles. The lowest BCUT2D eigenvalue weighted by atomic mass is 10.0. The number of carbonyl (C=O) groups excluding carboxylic acids is 2. The SMILES string of the molecule is Cc1ncc(C(=O)N2CCOCC2)c([C@@H]2CCCN2C(=O)CC2CCCC2)n1. The summed E-state index contributed by atoms with van der Waals surface area (Å²) in [6.07, 6.45) is 8.90. The van der Waals surface area contributed by atoms with Gasteiger partial charge in [0.15, 0.2) is 0 Å². The molecule has 3 aliphatic rings. The van der Waals surface area contributed by atoms with Crippen molar-refractivity contribution in [2.45, 2.75) is 57.9 Å². The summed E-state index contributed by atoms with van der Waals surface area (Å²) >= 11 is 0. The van der Waals surface area contributed by atoms with Crippen LogP contribution >= 0.6 is 0 Å². The lowest BCUT2D eigenvalue weighted by Crippen LogP contribution is -2.42. The maximum Gasteiger partial charge on any atom is 0.257 e. The van der Waals surface area contributed by atoms with Gasteiger partial charge in [-0.1, -0.05) is 12.8 Å². The van der Waals surface area contributed by atoms with Gasteiger partial charge in [-0.3, -0.25) is 9.59 Å². The molecule has 1 aromatic rings. The van der Waals surface area contributed by atoms with Crippen LogP contribution in [0.1, 0.15) is 72.9 Å². The summed E-state index contributed by atoms with van der Waals surface area (Å²) in [5, 5.41) is 0. The van der Waals surface area contributed by atoms with Crippen molar-refractivity contribution in [3.8, 4) is 0 Å². The predicted molar refractivity (Wildman–Crippen MR) is 104 cm³/mol. The molecule has 7 heteroatoms. The zero-order valence-electron chi connectivity index (χ0n) is 16.7. The number of amides is 2. The molecule has 28 heavy (non-hydrogen) atoms. The van der Waals surface area contributed by atoms with Crippen molar-refractivity contribution >= 4 is 11.8 Å². The molecule has 1 aliphatic carbocycles. The number of aryl methyl sites for hydroxylation is 1. The largest absolute Gasteiger partial charge is 0.378 e. The van der Waals surface area contributed by atoms with Crippen LogP contribution in [0.5, 0.6) is 0 Å². The van der Waals surface area contributed by atoms with Crippen LogP contribution in [0.3, 0.4) is 0 Å². The van der Waals surface area contributed by atoms with Gasteiger partial charge in [0.05, 0.1) is 30.5 Å². The van der Waals surface area contributed by atoms with Crippen LogP contribution in [0.2, 0.25) is 0 Å². The van der Waals surface area contributed by atoms with Gasteiger partial charge < -0.3 is 14.5 Å². The van der Waals surface area contributed by atoms with Crippen LogP contribution in [0.4, 0.5) is 0 Å². The van der Waals surface area contributed by atoms with E-state index in [1.165, 1.54) is 12.8 Å². The standard InChI is InChI=1S/C21H30N4O3/c1-15-22-14-17(21(27)24-9-11-28-12-10-24)20(23-15)18-7-4-8-25(18)19(26)13-16-5-2-3-6-16/h14,16,18H,2-13H2,1H3/t18-/m0/s1. The Morgan fingerprint density at radius 1 is 1.11 bits per heavy atom. The first-order valence-corrected chi connectivity index (χ1v) is 10.6. The summed E-state index contributed by atoms with van der Waals surface area (Å²) in [6, 6.07) is -0.115. The number of hydrogen-bond donors (Lipinski definition) is 0. The number of morpholine rings is 1. The molecule has 0 unspecified atom stereocenters. The number of carbonyl (C=O) groups is 2. The number of rotatable bonds is 4. The van der Waals surface area contributed by atoms with Crippen LogP contribution in [-0.4, -0.2) is 64.4 Å². The van der Waals surface area contributed by atoms with Gasteiger partial charge in [0, 0.05) is 32.3 Å². The zero-order valence-corrected chi connectivity index (χ0v) is 16.7. The van der Waals surface area contributed by atoms with E-state index < -0.39 is 0 Å². The molecule has 4 rings (SSSR count). The fourth-order valence-electron chi connectivity index (χ4n) is 4.77. The molecular formula is C21H30N4O3. The molecule has 152 valence electrons. The van der Waals surface area contributed by atoms with Gasteiger partial charge in [-0.05, 0) is 38.5 Å². The van der Waals surface area contributed by atoms with E-state index >= 15 is 0 Å². The number of aromatic nitrogens is 2. The number of hydrogen-bond acceptors (Lipinski definition) is 5. The van der Waals surface area contributed by atoms with E-state index in [0.717, 1.165) is 37.9 Å². The average molecular weight is 386 g/mol. The molecule has 0 aromatic carbocycles. The Kier molecular flexibility index (Phi) is 5.90. The second kappa shape index (κ2) is 8.55. The Hall–Kier alpha value is -2.02. The van der Waals surface area contributed by atoms with E-state index in [-0.39, 0.29) is 17.9 Å². The molecule has 1 saturated carbocycles. The van der Waals surface area contributed by atoms with Crippen LogP contribution in [-0.2, 0) is 9.53 Å². The highest BCUT2D eigenvalue weighted by atomic mass is 16.5. The third-order valence-corrected chi connectivity index (χ3v) is 6.29. The van der Waals surface area contributed by atoms with E-state index in [9.17, 15) is 9.59 Å². The Morgan fingerprint density at radius 2 is 1.86 bits per heavy atom. The van der Waals surface area contributed by atoms with Gasteiger partial charge >= 0.3 is 0 Å². The Bertz CT molecular complexity index is 726. The summed E-state index contributed by atoms with van der Waals surface area (Å²) < 4.78 is 5.37.